The number of likely N-dealkylation sites (tertiary alicyclic amines) is 1. The molecule has 2 heteroatoms. The van der Waals surface area contributed by atoms with Crippen molar-refractivity contribution in [3.05, 3.63) is 41.5 Å². The normalized spacial score (nSPS) is 28.9. The summed E-state index contributed by atoms with van der Waals surface area (Å²) >= 11 is 0. The van der Waals surface area contributed by atoms with Crippen LogP contribution in [0.2, 0.25) is 0 Å². The molecule has 2 nitrogen and oxygen atoms in total. The Morgan fingerprint density at radius 3 is 2.60 bits per heavy atom. The zero-order valence-corrected chi connectivity index (χ0v) is 16.2. The Morgan fingerprint density at radius 1 is 1.24 bits per heavy atom. The van der Waals surface area contributed by atoms with Gasteiger partial charge in [0.25, 0.3) is 0 Å². The molecular weight excluding hydrogens is 304 g/mol. The van der Waals surface area contributed by atoms with E-state index in [-0.39, 0.29) is 0 Å². The molecule has 1 spiro atoms. The molecule has 1 heterocycles. The fourth-order valence-corrected chi connectivity index (χ4v) is 5.24. The van der Waals surface area contributed by atoms with Crippen LogP contribution in [0.25, 0.3) is 6.08 Å². The van der Waals surface area contributed by atoms with Crippen molar-refractivity contribution in [2.24, 2.45) is 17.3 Å². The van der Waals surface area contributed by atoms with Gasteiger partial charge >= 0.3 is 0 Å². The van der Waals surface area contributed by atoms with Crippen LogP contribution in [0.1, 0.15) is 52.0 Å². The standard InChI is InChI=1S/C23H34N2/c1-4-19(10-18-8-6-5-7-9-18)21-11-22(21)24-20-12-23(13-20)15-25(16-23)14-17(2)3/h5-10,17,20-22,24H,4,11-16H2,1-3H3/b19-10+/t21-,22+/m0/s1. The molecular formula is C23H34N2. The maximum Gasteiger partial charge on any atom is 0.0142 e. The second-order valence-corrected chi connectivity index (χ2v) is 9.27. The first-order valence-electron chi connectivity index (χ1n) is 10.3. The molecule has 0 unspecified atom stereocenters. The molecule has 0 aromatic heterocycles. The van der Waals surface area contributed by atoms with Crippen LogP contribution in [-0.2, 0) is 0 Å². The minimum Gasteiger partial charge on any atom is -0.311 e. The lowest BCUT2D eigenvalue weighted by Gasteiger charge is -2.60. The summed E-state index contributed by atoms with van der Waals surface area (Å²) in [6.07, 6.45) is 7.76. The smallest absolute Gasteiger partial charge is 0.0142 e. The van der Waals surface area contributed by atoms with Crippen LogP contribution in [0.3, 0.4) is 0 Å². The molecule has 2 saturated carbocycles. The van der Waals surface area contributed by atoms with E-state index in [2.05, 4.69) is 67.4 Å². The first-order chi connectivity index (χ1) is 12.1. The van der Waals surface area contributed by atoms with Gasteiger partial charge in [-0.25, -0.2) is 0 Å². The fourth-order valence-electron chi connectivity index (χ4n) is 5.24. The van der Waals surface area contributed by atoms with Crippen molar-refractivity contribution in [2.75, 3.05) is 19.6 Å². The molecule has 2 aliphatic carbocycles. The van der Waals surface area contributed by atoms with E-state index < -0.39 is 0 Å². The predicted molar refractivity (Wildman–Crippen MR) is 106 cm³/mol. The number of nitrogens with one attached hydrogen (secondary N) is 1. The van der Waals surface area contributed by atoms with Crippen LogP contribution in [0, 0.1) is 17.3 Å². The van der Waals surface area contributed by atoms with Crippen molar-refractivity contribution < 1.29 is 0 Å². The predicted octanol–water partition coefficient (Wildman–Crippen LogP) is 4.58. The minimum absolute atomic E-state index is 0.685. The third-order valence-corrected chi connectivity index (χ3v) is 6.38. The second-order valence-electron chi connectivity index (χ2n) is 9.27. The molecule has 0 radical (unpaired) electrons. The lowest BCUT2D eigenvalue weighted by atomic mass is 9.60. The van der Waals surface area contributed by atoms with Crippen molar-refractivity contribution in [3.63, 3.8) is 0 Å². The van der Waals surface area contributed by atoms with Gasteiger partial charge in [-0.3, -0.25) is 0 Å². The molecule has 4 rings (SSSR count). The summed E-state index contributed by atoms with van der Waals surface area (Å²) in [6.45, 7) is 11.0. The zero-order chi connectivity index (χ0) is 17.4. The fraction of sp³-hybridized carbons (Fsp3) is 0.652. The van der Waals surface area contributed by atoms with E-state index in [1.54, 1.807) is 5.57 Å². The van der Waals surface area contributed by atoms with Crippen LogP contribution in [0.5, 0.6) is 0 Å². The highest BCUT2D eigenvalue weighted by Gasteiger charge is 2.53. The van der Waals surface area contributed by atoms with Crippen molar-refractivity contribution in [3.8, 4) is 0 Å². The van der Waals surface area contributed by atoms with E-state index in [1.807, 2.05) is 0 Å². The van der Waals surface area contributed by atoms with Crippen molar-refractivity contribution in [1.82, 2.24) is 10.2 Å². The summed E-state index contributed by atoms with van der Waals surface area (Å²) < 4.78 is 0. The van der Waals surface area contributed by atoms with E-state index in [9.17, 15) is 0 Å². The van der Waals surface area contributed by atoms with Gasteiger partial charge in [-0.05, 0) is 48.5 Å². The largest absolute Gasteiger partial charge is 0.311 e. The van der Waals surface area contributed by atoms with Crippen LogP contribution in [-0.4, -0.2) is 36.6 Å². The maximum atomic E-state index is 3.96. The Balaban J connectivity index is 1.22. The summed E-state index contributed by atoms with van der Waals surface area (Å²) in [5, 5.41) is 3.96. The average molecular weight is 339 g/mol. The molecule has 1 aromatic rings. The Bertz CT molecular complexity index is 604. The number of hydrogen-bond acceptors (Lipinski definition) is 2. The molecule has 3 aliphatic rings. The van der Waals surface area contributed by atoms with Gasteiger partial charge in [0.05, 0.1) is 0 Å². The Kier molecular flexibility index (Phi) is 4.77. The summed E-state index contributed by atoms with van der Waals surface area (Å²) in [5.41, 5.74) is 3.67. The van der Waals surface area contributed by atoms with Crippen molar-refractivity contribution in [2.45, 2.75) is 58.5 Å². The molecule has 1 aromatic carbocycles. The highest BCUT2D eigenvalue weighted by atomic mass is 15.2. The summed E-state index contributed by atoms with van der Waals surface area (Å²) in [4.78, 5) is 2.65. The van der Waals surface area contributed by atoms with Gasteiger partial charge in [0, 0.05) is 31.7 Å². The van der Waals surface area contributed by atoms with Gasteiger partial charge in [-0.15, -0.1) is 0 Å². The van der Waals surface area contributed by atoms with E-state index in [4.69, 9.17) is 0 Å². The summed E-state index contributed by atoms with van der Waals surface area (Å²) in [5.74, 6) is 1.59. The topological polar surface area (TPSA) is 15.3 Å². The van der Waals surface area contributed by atoms with Crippen LogP contribution in [0.4, 0.5) is 0 Å². The number of rotatable bonds is 7. The first kappa shape index (κ1) is 17.3. The number of benzene rings is 1. The lowest BCUT2D eigenvalue weighted by molar-refractivity contribution is -0.0831. The van der Waals surface area contributed by atoms with E-state index in [0.717, 1.165) is 23.9 Å². The minimum atomic E-state index is 0.685. The molecule has 1 saturated heterocycles. The zero-order valence-electron chi connectivity index (χ0n) is 16.2. The number of nitrogens with zero attached hydrogens (tertiary/aromatic N) is 1. The Labute approximate surface area is 153 Å². The van der Waals surface area contributed by atoms with Crippen molar-refractivity contribution in [1.29, 1.82) is 0 Å². The lowest BCUT2D eigenvalue weighted by Crippen LogP contribution is -2.66. The summed E-state index contributed by atoms with van der Waals surface area (Å²) in [7, 11) is 0. The number of hydrogen-bond donors (Lipinski definition) is 1. The van der Waals surface area contributed by atoms with Crippen LogP contribution >= 0.6 is 0 Å². The third kappa shape index (κ3) is 3.85. The SMILES string of the molecule is CC/C(=C\c1ccccc1)[C@@H]1C[C@H]1NC1CC2(C1)CN(CC(C)C)C2. The molecule has 3 fully saturated rings. The molecule has 0 bridgehead atoms. The van der Waals surface area contributed by atoms with Gasteiger partial charge in [-0.1, -0.05) is 62.8 Å². The van der Waals surface area contributed by atoms with Gasteiger partial charge < -0.3 is 10.2 Å². The van der Waals surface area contributed by atoms with E-state index >= 15 is 0 Å². The van der Waals surface area contributed by atoms with Crippen molar-refractivity contribution >= 4 is 6.08 Å². The van der Waals surface area contributed by atoms with E-state index in [0.29, 0.717) is 5.41 Å². The molecule has 136 valence electrons. The molecule has 0 amide bonds. The molecule has 2 atom stereocenters. The quantitative estimate of drug-likeness (QED) is 0.783. The highest BCUT2D eigenvalue weighted by Crippen LogP contribution is 2.50. The van der Waals surface area contributed by atoms with Crippen LogP contribution in [0.15, 0.2) is 35.9 Å². The second kappa shape index (κ2) is 6.89. The molecule has 1 aliphatic heterocycles. The maximum absolute atomic E-state index is 3.96. The Hall–Kier alpha value is -1.12. The van der Waals surface area contributed by atoms with Gasteiger partial charge in [0.2, 0.25) is 0 Å². The van der Waals surface area contributed by atoms with Gasteiger partial charge in [0.15, 0.2) is 0 Å². The highest BCUT2D eigenvalue weighted by molar-refractivity contribution is 5.54. The van der Waals surface area contributed by atoms with Gasteiger partial charge in [0.1, 0.15) is 0 Å². The monoisotopic (exact) mass is 338 g/mol. The van der Waals surface area contributed by atoms with E-state index in [1.165, 1.54) is 50.9 Å². The molecule has 1 N–H and O–H groups in total. The van der Waals surface area contributed by atoms with Gasteiger partial charge in [-0.2, -0.15) is 0 Å². The average Bonchev–Trinajstić information content (AvgIpc) is 3.28. The summed E-state index contributed by atoms with van der Waals surface area (Å²) in [6, 6.07) is 12.3. The molecule has 25 heavy (non-hydrogen) atoms. The third-order valence-electron chi connectivity index (χ3n) is 6.38. The first-order valence-corrected chi connectivity index (χ1v) is 10.3. The van der Waals surface area contributed by atoms with Crippen LogP contribution < -0.4 is 5.32 Å². The Morgan fingerprint density at radius 2 is 1.96 bits per heavy atom.